The van der Waals surface area contributed by atoms with E-state index in [1.807, 2.05) is 61.6 Å². The van der Waals surface area contributed by atoms with Crippen LogP contribution in [0.25, 0.3) is 0 Å². The zero-order chi connectivity index (χ0) is 26.9. The van der Waals surface area contributed by atoms with Crippen LogP contribution in [-0.4, -0.2) is 46.8 Å². The van der Waals surface area contributed by atoms with Crippen LogP contribution in [0, 0.1) is 5.41 Å². The second-order valence-corrected chi connectivity index (χ2v) is 9.63. The van der Waals surface area contributed by atoms with E-state index in [-0.39, 0.29) is 35.6 Å². The normalized spacial score (nSPS) is 17.8. The molecule has 1 aliphatic rings. The number of aromatic nitrogens is 2. The predicted octanol–water partition coefficient (Wildman–Crippen LogP) is 4.49. The van der Waals surface area contributed by atoms with Crippen LogP contribution >= 0.6 is 0 Å². The number of ether oxygens (including phenoxy) is 1. The summed E-state index contributed by atoms with van der Waals surface area (Å²) in [5, 5.41) is 18.7. The Bertz CT molecular complexity index is 1210. The van der Waals surface area contributed by atoms with Gasteiger partial charge in [-0.1, -0.05) is 31.5 Å². The lowest BCUT2D eigenvalue weighted by Gasteiger charge is -2.31. The largest absolute Gasteiger partial charge is 0.457 e. The number of benzene rings is 2. The van der Waals surface area contributed by atoms with Crippen LogP contribution in [-0.2, 0) is 4.79 Å². The van der Waals surface area contributed by atoms with Gasteiger partial charge in [-0.2, -0.15) is 0 Å². The molecule has 1 aromatic heterocycles. The van der Waals surface area contributed by atoms with Crippen LogP contribution in [0.15, 0.2) is 60.9 Å². The lowest BCUT2D eigenvalue weighted by Crippen LogP contribution is -2.48. The minimum atomic E-state index is -0.146. The van der Waals surface area contributed by atoms with Crippen LogP contribution in [0.4, 0.5) is 11.6 Å². The first-order chi connectivity index (χ1) is 18.5. The van der Waals surface area contributed by atoms with Crippen LogP contribution < -0.4 is 26.4 Å². The van der Waals surface area contributed by atoms with E-state index in [9.17, 15) is 4.79 Å². The Morgan fingerprint density at radius 3 is 2.34 bits per heavy atom. The van der Waals surface area contributed by atoms with E-state index in [1.54, 1.807) is 0 Å². The second kappa shape index (κ2) is 13.0. The topological polar surface area (TPSA) is 138 Å². The van der Waals surface area contributed by atoms with Crippen LogP contribution in [0.3, 0.4) is 0 Å². The van der Waals surface area contributed by atoms with Crippen molar-refractivity contribution < 1.29 is 9.53 Å². The molecule has 4 rings (SSSR count). The maximum absolute atomic E-state index is 12.6. The van der Waals surface area contributed by atoms with E-state index < -0.39 is 0 Å². The number of rotatable bonds is 11. The van der Waals surface area contributed by atoms with Gasteiger partial charge in [-0.15, -0.1) is 0 Å². The molecule has 0 spiro atoms. The molecule has 0 aliphatic heterocycles. The van der Waals surface area contributed by atoms with Gasteiger partial charge >= 0.3 is 0 Å². The number of hydrogen-bond donors (Lipinski definition) is 5. The SMILES string of the molecule is CCCC(NC)C(=O)NC1CCC(Nc2ncnc(N)c2C(=N)c2ccc(Oc3ccccc3)cc2)CC1. The fourth-order valence-electron chi connectivity index (χ4n) is 4.79. The van der Waals surface area contributed by atoms with Crippen molar-refractivity contribution in [3.8, 4) is 11.5 Å². The molecule has 38 heavy (non-hydrogen) atoms. The number of nitrogens with one attached hydrogen (secondary N) is 4. The zero-order valence-electron chi connectivity index (χ0n) is 22.0. The molecule has 0 saturated heterocycles. The first kappa shape index (κ1) is 27.1. The third kappa shape index (κ3) is 6.86. The lowest BCUT2D eigenvalue weighted by molar-refractivity contribution is -0.124. The molecular weight excluding hydrogens is 478 g/mol. The molecule has 0 bridgehead atoms. The number of carbonyl (C=O) groups excluding carboxylic acids is 1. The molecule has 1 fully saturated rings. The molecule has 0 radical (unpaired) electrons. The third-order valence-corrected chi connectivity index (χ3v) is 6.91. The minimum absolute atomic E-state index is 0.0743. The van der Waals surface area contributed by atoms with Crippen molar-refractivity contribution in [3.63, 3.8) is 0 Å². The number of hydrogen-bond acceptors (Lipinski definition) is 8. The van der Waals surface area contributed by atoms with Crippen molar-refractivity contribution >= 4 is 23.3 Å². The number of para-hydroxylation sites is 1. The summed E-state index contributed by atoms with van der Waals surface area (Å²) in [5.74, 6) is 2.32. The molecule has 1 unspecified atom stereocenters. The molecule has 1 atom stereocenters. The van der Waals surface area contributed by atoms with Gasteiger partial charge in [0.15, 0.2) is 0 Å². The highest BCUT2D eigenvalue weighted by molar-refractivity contribution is 6.16. The number of likely N-dealkylation sites (N-methyl/N-ethyl adjacent to an activating group) is 1. The highest BCUT2D eigenvalue weighted by Crippen LogP contribution is 2.28. The van der Waals surface area contributed by atoms with E-state index in [2.05, 4.69) is 32.8 Å². The molecule has 6 N–H and O–H groups in total. The highest BCUT2D eigenvalue weighted by atomic mass is 16.5. The Morgan fingerprint density at radius 1 is 1.03 bits per heavy atom. The first-order valence-corrected chi connectivity index (χ1v) is 13.2. The number of carbonyl (C=O) groups is 1. The summed E-state index contributed by atoms with van der Waals surface area (Å²) < 4.78 is 5.87. The molecule has 1 aliphatic carbocycles. The monoisotopic (exact) mass is 515 g/mol. The summed E-state index contributed by atoms with van der Waals surface area (Å²) in [6, 6.07) is 17.1. The Kier molecular flexibility index (Phi) is 9.26. The molecule has 1 amide bonds. The second-order valence-electron chi connectivity index (χ2n) is 9.63. The van der Waals surface area contributed by atoms with Crippen LogP contribution in [0.2, 0.25) is 0 Å². The average molecular weight is 516 g/mol. The Labute approximate surface area is 224 Å². The lowest BCUT2D eigenvalue weighted by atomic mass is 9.90. The number of nitrogens with zero attached hydrogens (tertiary/aromatic N) is 2. The van der Waals surface area contributed by atoms with Gasteiger partial charge in [-0.3, -0.25) is 10.2 Å². The third-order valence-electron chi connectivity index (χ3n) is 6.91. The quantitative estimate of drug-likeness (QED) is 0.237. The van der Waals surface area contributed by atoms with Gasteiger partial charge in [0.05, 0.1) is 17.3 Å². The Hall–Kier alpha value is -3.98. The molecule has 1 saturated carbocycles. The smallest absolute Gasteiger partial charge is 0.237 e. The molecular formula is C29H37N7O2. The fraction of sp³-hybridized carbons (Fsp3) is 0.379. The zero-order valence-corrected chi connectivity index (χ0v) is 22.0. The van der Waals surface area contributed by atoms with E-state index in [4.69, 9.17) is 15.9 Å². The Balaban J connectivity index is 1.38. The molecule has 200 valence electrons. The van der Waals surface area contributed by atoms with Gasteiger partial charge < -0.3 is 26.4 Å². The summed E-state index contributed by atoms with van der Waals surface area (Å²) >= 11 is 0. The summed E-state index contributed by atoms with van der Waals surface area (Å²) in [5.41, 5.74) is 7.64. The van der Waals surface area contributed by atoms with Crippen LogP contribution in [0.1, 0.15) is 56.6 Å². The summed E-state index contributed by atoms with van der Waals surface area (Å²) in [6.07, 6.45) is 6.72. The number of nitrogens with two attached hydrogens (primary N) is 1. The van der Waals surface area contributed by atoms with E-state index in [1.165, 1.54) is 6.33 Å². The fourth-order valence-corrected chi connectivity index (χ4v) is 4.79. The van der Waals surface area contributed by atoms with Gasteiger partial charge in [0.2, 0.25) is 5.91 Å². The molecule has 1 heterocycles. The number of anilines is 2. The first-order valence-electron chi connectivity index (χ1n) is 13.2. The molecule has 2 aromatic carbocycles. The summed E-state index contributed by atoms with van der Waals surface area (Å²) in [6.45, 7) is 2.08. The van der Waals surface area contributed by atoms with Gasteiger partial charge in [0.1, 0.15) is 29.5 Å². The van der Waals surface area contributed by atoms with E-state index in [0.29, 0.717) is 22.7 Å². The minimum Gasteiger partial charge on any atom is -0.457 e. The van der Waals surface area contributed by atoms with Crippen LogP contribution in [0.5, 0.6) is 11.5 Å². The van der Waals surface area contributed by atoms with E-state index >= 15 is 0 Å². The van der Waals surface area contributed by atoms with E-state index in [0.717, 1.165) is 44.3 Å². The maximum atomic E-state index is 12.6. The number of nitrogen functional groups attached to an aromatic ring is 1. The van der Waals surface area contributed by atoms with Crippen molar-refractivity contribution in [3.05, 3.63) is 72.1 Å². The van der Waals surface area contributed by atoms with Crippen molar-refractivity contribution in [2.45, 2.75) is 63.6 Å². The predicted molar refractivity (Wildman–Crippen MR) is 151 cm³/mol. The van der Waals surface area contributed by atoms with Gasteiger partial charge in [0.25, 0.3) is 0 Å². The van der Waals surface area contributed by atoms with Crippen molar-refractivity contribution in [1.29, 1.82) is 5.41 Å². The summed E-state index contributed by atoms with van der Waals surface area (Å²) in [4.78, 5) is 21.1. The molecule has 3 aromatic rings. The number of amides is 1. The van der Waals surface area contributed by atoms with Crippen molar-refractivity contribution in [2.75, 3.05) is 18.1 Å². The standard InChI is InChI=1S/C29H37N7O2/c1-3-7-24(32-2)29(37)36-21-14-12-20(13-15-21)35-28-25(27(31)33-18-34-28)26(30)19-10-16-23(17-11-19)38-22-8-5-4-6-9-22/h4-6,8-11,16-18,20-21,24,30,32H,3,7,12-15H2,1-2H3,(H,36,37)(H3,31,33,34,35). The highest BCUT2D eigenvalue weighted by Gasteiger charge is 2.26. The molecule has 9 nitrogen and oxygen atoms in total. The Morgan fingerprint density at radius 2 is 1.68 bits per heavy atom. The summed E-state index contributed by atoms with van der Waals surface area (Å²) in [7, 11) is 1.83. The maximum Gasteiger partial charge on any atom is 0.237 e. The van der Waals surface area contributed by atoms with Crippen molar-refractivity contribution in [1.82, 2.24) is 20.6 Å². The molecule has 9 heteroatoms. The van der Waals surface area contributed by atoms with Gasteiger partial charge in [-0.25, -0.2) is 9.97 Å². The van der Waals surface area contributed by atoms with Gasteiger partial charge in [-0.05, 0) is 75.5 Å². The average Bonchev–Trinajstić information content (AvgIpc) is 2.93. The van der Waals surface area contributed by atoms with Crippen molar-refractivity contribution in [2.24, 2.45) is 0 Å². The van der Waals surface area contributed by atoms with Gasteiger partial charge in [0, 0.05) is 17.6 Å².